The van der Waals surface area contributed by atoms with Gasteiger partial charge in [-0.3, -0.25) is 0 Å². The van der Waals surface area contributed by atoms with E-state index in [0.29, 0.717) is 0 Å². The highest BCUT2D eigenvalue weighted by Crippen LogP contribution is 2.19. The van der Waals surface area contributed by atoms with Crippen LogP contribution in [0.2, 0.25) is 0 Å². The van der Waals surface area contributed by atoms with Gasteiger partial charge in [-0.05, 0) is 25.8 Å². The van der Waals surface area contributed by atoms with Crippen molar-refractivity contribution in [2.24, 2.45) is 0 Å². The molecule has 1 saturated carbocycles. The standard InChI is InChI=1S/C14H18F2N2O/c1-9(12-7-6-10(15)8-13(12)16)17-14(19)18-11-4-2-3-5-11/h6-9,11H,2-5H2,1H3,(H2,17,18,19)/t9-/m1/s1. The monoisotopic (exact) mass is 268 g/mol. The SMILES string of the molecule is C[C@@H](NC(=O)NC1CCCC1)c1ccc(F)cc1F. The van der Waals surface area contributed by atoms with Crippen molar-refractivity contribution in [3.63, 3.8) is 0 Å². The van der Waals surface area contributed by atoms with Gasteiger partial charge in [0, 0.05) is 17.7 Å². The molecule has 104 valence electrons. The number of benzene rings is 1. The molecule has 2 amide bonds. The fourth-order valence-electron chi connectivity index (χ4n) is 2.42. The molecule has 2 N–H and O–H groups in total. The number of halogens is 2. The molecule has 1 aromatic rings. The van der Waals surface area contributed by atoms with E-state index in [-0.39, 0.29) is 17.6 Å². The maximum Gasteiger partial charge on any atom is 0.315 e. The third kappa shape index (κ3) is 3.66. The maximum absolute atomic E-state index is 13.5. The first-order valence-electron chi connectivity index (χ1n) is 6.58. The van der Waals surface area contributed by atoms with E-state index in [1.807, 2.05) is 0 Å². The van der Waals surface area contributed by atoms with Crippen molar-refractivity contribution >= 4 is 6.03 Å². The Kier molecular flexibility index (Phi) is 4.35. The lowest BCUT2D eigenvalue weighted by Gasteiger charge is -2.18. The van der Waals surface area contributed by atoms with E-state index in [9.17, 15) is 13.6 Å². The van der Waals surface area contributed by atoms with E-state index >= 15 is 0 Å². The summed E-state index contributed by atoms with van der Waals surface area (Å²) in [6, 6.07) is 2.77. The molecule has 3 nitrogen and oxygen atoms in total. The van der Waals surface area contributed by atoms with Crippen LogP contribution in [-0.2, 0) is 0 Å². The van der Waals surface area contributed by atoms with Crippen molar-refractivity contribution in [1.82, 2.24) is 10.6 Å². The predicted molar refractivity (Wildman–Crippen MR) is 68.7 cm³/mol. The van der Waals surface area contributed by atoms with Crippen LogP contribution in [0.4, 0.5) is 13.6 Å². The van der Waals surface area contributed by atoms with Crippen molar-refractivity contribution in [2.75, 3.05) is 0 Å². The third-order valence-corrected chi connectivity index (χ3v) is 3.47. The number of hydrogen-bond donors (Lipinski definition) is 2. The van der Waals surface area contributed by atoms with Gasteiger partial charge in [0.1, 0.15) is 11.6 Å². The molecule has 0 spiro atoms. The van der Waals surface area contributed by atoms with Gasteiger partial charge in [0.15, 0.2) is 0 Å². The second-order valence-corrected chi connectivity index (χ2v) is 4.99. The second-order valence-electron chi connectivity index (χ2n) is 4.99. The van der Waals surface area contributed by atoms with Gasteiger partial charge in [0.25, 0.3) is 0 Å². The lowest BCUT2D eigenvalue weighted by atomic mass is 10.1. The number of rotatable bonds is 3. The number of amides is 2. The topological polar surface area (TPSA) is 41.1 Å². The minimum absolute atomic E-state index is 0.213. The molecule has 5 heteroatoms. The molecule has 0 unspecified atom stereocenters. The van der Waals surface area contributed by atoms with Crippen LogP contribution in [0.5, 0.6) is 0 Å². The maximum atomic E-state index is 13.5. The zero-order chi connectivity index (χ0) is 13.8. The van der Waals surface area contributed by atoms with E-state index in [1.165, 1.54) is 12.1 Å². The Morgan fingerprint density at radius 1 is 1.32 bits per heavy atom. The Morgan fingerprint density at radius 2 is 2.00 bits per heavy atom. The van der Waals surface area contributed by atoms with Crippen molar-refractivity contribution in [3.8, 4) is 0 Å². The van der Waals surface area contributed by atoms with Crippen molar-refractivity contribution in [1.29, 1.82) is 0 Å². The van der Waals surface area contributed by atoms with Crippen LogP contribution in [0.3, 0.4) is 0 Å². The smallest absolute Gasteiger partial charge is 0.315 e. The zero-order valence-electron chi connectivity index (χ0n) is 10.9. The number of carbonyl (C=O) groups is 1. The Balaban J connectivity index is 1.92. The number of hydrogen-bond acceptors (Lipinski definition) is 1. The Bertz CT molecular complexity index is 459. The molecule has 1 aromatic carbocycles. The second kappa shape index (κ2) is 5.99. The van der Waals surface area contributed by atoms with Crippen LogP contribution in [0.15, 0.2) is 18.2 Å². The van der Waals surface area contributed by atoms with Crippen LogP contribution < -0.4 is 10.6 Å². The van der Waals surface area contributed by atoms with Gasteiger partial charge < -0.3 is 10.6 Å². The first kappa shape index (κ1) is 13.8. The predicted octanol–water partition coefficient (Wildman–Crippen LogP) is 3.27. The van der Waals surface area contributed by atoms with Gasteiger partial charge in [0.2, 0.25) is 0 Å². The Morgan fingerprint density at radius 3 is 2.63 bits per heavy atom. The highest BCUT2D eigenvalue weighted by Gasteiger charge is 2.19. The molecule has 0 aromatic heterocycles. The molecule has 0 saturated heterocycles. The molecule has 0 bridgehead atoms. The molecule has 0 radical (unpaired) electrons. The minimum Gasteiger partial charge on any atom is -0.335 e. The van der Waals surface area contributed by atoms with E-state index < -0.39 is 17.7 Å². The Hall–Kier alpha value is -1.65. The van der Waals surface area contributed by atoms with Crippen molar-refractivity contribution < 1.29 is 13.6 Å². The number of urea groups is 1. The normalized spacial score (nSPS) is 17.2. The lowest BCUT2D eigenvalue weighted by Crippen LogP contribution is -2.42. The Labute approximate surface area is 111 Å². The summed E-state index contributed by atoms with van der Waals surface area (Å²) in [4.78, 5) is 11.7. The molecule has 1 fully saturated rings. The van der Waals surface area contributed by atoms with E-state index in [1.54, 1.807) is 6.92 Å². The minimum atomic E-state index is -0.645. The van der Waals surface area contributed by atoms with Gasteiger partial charge in [-0.15, -0.1) is 0 Å². The molecular formula is C14H18F2N2O. The highest BCUT2D eigenvalue weighted by molar-refractivity contribution is 5.74. The molecule has 0 heterocycles. The number of nitrogens with one attached hydrogen (secondary N) is 2. The van der Waals surface area contributed by atoms with Crippen LogP contribution in [-0.4, -0.2) is 12.1 Å². The van der Waals surface area contributed by atoms with E-state index in [4.69, 9.17) is 0 Å². The average molecular weight is 268 g/mol. The fourth-order valence-corrected chi connectivity index (χ4v) is 2.42. The summed E-state index contributed by atoms with van der Waals surface area (Å²) in [6.07, 6.45) is 4.25. The summed E-state index contributed by atoms with van der Waals surface area (Å²) >= 11 is 0. The summed E-state index contributed by atoms with van der Waals surface area (Å²) < 4.78 is 26.3. The molecule has 1 aliphatic carbocycles. The third-order valence-electron chi connectivity index (χ3n) is 3.47. The largest absolute Gasteiger partial charge is 0.335 e. The molecule has 1 atom stereocenters. The van der Waals surface area contributed by atoms with Gasteiger partial charge in [0.05, 0.1) is 6.04 Å². The van der Waals surface area contributed by atoms with Gasteiger partial charge in [-0.1, -0.05) is 18.9 Å². The van der Waals surface area contributed by atoms with Crippen LogP contribution in [0, 0.1) is 11.6 Å². The lowest BCUT2D eigenvalue weighted by molar-refractivity contribution is 0.234. The number of carbonyl (C=O) groups excluding carboxylic acids is 1. The average Bonchev–Trinajstić information content (AvgIpc) is 2.81. The van der Waals surface area contributed by atoms with Gasteiger partial charge in [-0.25, -0.2) is 13.6 Å². The summed E-state index contributed by atoms with van der Waals surface area (Å²) in [5.41, 5.74) is 0.281. The van der Waals surface area contributed by atoms with Gasteiger partial charge in [-0.2, -0.15) is 0 Å². The van der Waals surface area contributed by atoms with Crippen LogP contribution >= 0.6 is 0 Å². The summed E-state index contributed by atoms with van der Waals surface area (Å²) in [7, 11) is 0. The molecule has 0 aliphatic heterocycles. The first-order valence-corrected chi connectivity index (χ1v) is 6.58. The summed E-state index contributed by atoms with van der Waals surface area (Å²) in [5, 5.41) is 5.53. The van der Waals surface area contributed by atoms with E-state index in [2.05, 4.69) is 10.6 Å². The molecule has 2 rings (SSSR count). The van der Waals surface area contributed by atoms with Crippen LogP contribution in [0.1, 0.15) is 44.2 Å². The van der Waals surface area contributed by atoms with E-state index in [0.717, 1.165) is 31.7 Å². The molecular weight excluding hydrogens is 250 g/mol. The molecule has 1 aliphatic rings. The van der Waals surface area contributed by atoms with Crippen molar-refractivity contribution in [2.45, 2.75) is 44.7 Å². The first-order chi connectivity index (χ1) is 9.06. The highest BCUT2D eigenvalue weighted by atomic mass is 19.1. The van der Waals surface area contributed by atoms with Crippen molar-refractivity contribution in [3.05, 3.63) is 35.4 Å². The summed E-state index contributed by atoms with van der Waals surface area (Å²) in [5.74, 6) is -1.27. The van der Waals surface area contributed by atoms with Crippen LogP contribution in [0.25, 0.3) is 0 Å². The molecule has 19 heavy (non-hydrogen) atoms. The quantitative estimate of drug-likeness (QED) is 0.868. The zero-order valence-corrected chi connectivity index (χ0v) is 10.9. The summed E-state index contributed by atoms with van der Waals surface area (Å²) in [6.45, 7) is 1.67. The van der Waals surface area contributed by atoms with Gasteiger partial charge >= 0.3 is 6.03 Å². The fraction of sp³-hybridized carbons (Fsp3) is 0.500.